The maximum absolute atomic E-state index is 11.4. The molecule has 0 aliphatic carbocycles. The van der Waals surface area contributed by atoms with Crippen molar-refractivity contribution in [3.05, 3.63) is 29.8 Å². The molecule has 0 bridgehead atoms. The largest absolute Gasteiger partial charge is 0.497 e. The molecular weight excluding hydrogens is 234 g/mol. The maximum atomic E-state index is 11.4. The number of amides is 2. The van der Waals surface area contributed by atoms with Crippen LogP contribution in [0.25, 0.3) is 0 Å². The highest BCUT2D eigenvalue weighted by atomic mass is 16.5. The van der Waals surface area contributed by atoms with Crippen LogP contribution in [0.1, 0.15) is 5.56 Å². The summed E-state index contributed by atoms with van der Waals surface area (Å²) in [5.41, 5.74) is 6.02. The van der Waals surface area contributed by atoms with Crippen molar-refractivity contribution in [2.45, 2.75) is 6.54 Å². The lowest BCUT2D eigenvalue weighted by molar-refractivity contribution is -0.125. The number of methoxy groups -OCH3 is 1. The summed E-state index contributed by atoms with van der Waals surface area (Å²) >= 11 is 0. The number of hydrogen-bond acceptors (Lipinski definition) is 4. The summed E-state index contributed by atoms with van der Waals surface area (Å²) in [6.45, 7) is 0.192. The van der Waals surface area contributed by atoms with Gasteiger partial charge in [-0.25, -0.2) is 0 Å². The highest BCUT2D eigenvalue weighted by Crippen LogP contribution is 2.11. The molecule has 0 aliphatic heterocycles. The zero-order valence-electron chi connectivity index (χ0n) is 10.2. The summed E-state index contributed by atoms with van der Waals surface area (Å²) in [4.78, 5) is 22.2. The molecule has 2 amide bonds. The van der Waals surface area contributed by atoms with E-state index in [-0.39, 0.29) is 24.9 Å². The Labute approximate surface area is 105 Å². The van der Waals surface area contributed by atoms with Crippen molar-refractivity contribution in [3.63, 3.8) is 0 Å². The van der Waals surface area contributed by atoms with E-state index in [0.717, 1.165) is 11.3 Å². The van der Waals surface area contributed by atoms with Gasteiger partial charge in [-0.2, -0.15) is 0 Å². The summed E-state index contributed by atoms with van der Waals surface area (Å²) in [7, 11) is 1.58. The second kappa shape index (κ2) is 7.29. The topological polar surface area (TPSA) is 93.5 Å². The number of nitrogens with one attached hydrogen (secondary N) is 2. The Hall–Kier alpha value is -2.08. The Morgan fingerprint density at radius 1 is 1.28 bits per heavy atom. The van der Waals surface area contributed by atoms with Crippen molar-refractivity contribution in [1.29, 1.82) is 0 Å². The van der Waals surface area contributed by atoms with Gasteiger partial charge in [0.25, 0.3) is 0 Å². The zero-order chi connectivity index (χ0) is 13.4. The maximum Gasteiger partial charge on any atom is 0.239 e. The molecule has 0 saturated carbocycles. The second-order valence-electron chi connectivity index (χ2n) is 3.61. The lowest BCUT2D eigenvalue weighted by Crippen LogP contribution is -2.39. The number of ether oxygens (including phenoxy) is 1. The number of carbonyl (C=O) groups is 2. The van der Waals surface area contributed by atoms with Crippen molar-refractivity contribution in [2.75, 3.05) is 20.2 Å². The van der Waals surface area contributed by atoms with Gasteiger partial charge in [-0.3, -0.25) is 9.59 Å². The first-order valence-corrected chi connectivity index (χ1v) is 5.52. The van der Waals surface area contributed by atoms with E-state index in [2.05, 4.69) is 10.6 Å². The van der Waals surface area contributed by atoms with E-state index < -0.39 is 0 Å². The van der Waals surface area contributed by atoms with Gasteiger partial charge in [-0.1, -0.05) is 12.1 Å². The minimum atomic E-state index is -0.355. The Kier molecular flexibility index (Phi) is 5.66. The molecule has 0 aromatic heterocycles. The van der Waals surface area contributed by atoms with Crippen LogP contribution in [0.5, 0.6) is 5.75 Å². The van der Waals surface area contributed by atoms with Gasteiger partial charge >= 0.3 is 0 Å². The van der Waals surface area contributed by atoms with Gasteiger partial charge in [0.15, 0.2) is 0 Å². The molecule has 0 atom stereocenters. The van der Waals surface area contributed by atoms with E-state index >= 15 is 0 Å². The van der Waals surface area contributed by atoms with Gasteiger partial charge in [-0.05, 0) is 17.7 Å². The summed E-state index contributed by atoms with van der Waals surface area (Å²) in [5, 5.41) is 5.07. The highest BCUT2D eigenvalue weighted by Gasteiger charge is 2.03. The third kappa shape index (κ3) is 4.84. The van der Waals surface area contributed by atoms with Crippen molar-refractivity contribution >= 4 is 11.8 Å². The van der Waals surface area contributed by atoms with Crippen LogP contribution in [0.4, 0.5) is 0 Å². The molecule has 0 spiro atoms. The van der Waals surface area contributed by atoms with E-state index in [1.165, 1.54) is 0 Å². The Balaban J connectivity index is 2.35. The Bertz CT molecular complexity index is 421. The Morgan fingerprint density at radius 2 is 2.06 bits per heavy atom. The van der Waals surface area contributed by atoms with Crippen molar-refractivity contribution < 1.29 is 14.3 Å². The van der Waals surface area contributed by atoms with Crippen molar-refractivity contribution in [1.82, 2.24) is 10.6 Å². The summed E-state index contributed by atoms with van der Waals surface area (Å²) in [6, 6.07) is 7.38. The van der Waals surface area contributed by atoms with Crippen LogP contribution in [0.3, 0.4) is 0 Å². The van der Waals surface area contributed by atoms with Crippen LogP contribution in [0, 0.1) is 0 Å². The summed E-state index contributed by atoms with van der Waals surface area (Å²) in [5.74, 6) is 0.115. The molecule has 1 aromatic rings. The SMILES string of the molecule is COc1cccc(CNC(=O)CNC(=O)CN)c1. The van der Waals surface area contributed by atoms with Gasteiger partial charge in [-0.15, -0.1) is 0 Å². The van der Waals surface area contributed by atoms with Crippen molar-refractivity contribution in [2.24, 2.45) is 5.73 Å². The van der Waals surface area contributed by atoms with Crippen LogP contribution in [-0.4, -0.2) is 32.0 Å². The van der Waals surface area contributed by atoms with Gasteiger partial charge in [0.2, 0.25) is 11.8 Å². The van der Waals surface area contributed by atoms with Crippen LogP contribution < -0.4 is 21.1 Å². The molecule has 1 aromatic carbocycles. The Morgan fingerprint density at radius 3 is 2.72 bits per heavy atom. The summed E-state index contributed by atoms with van der Waals surface area (Å²) in [6.07, 6.45) is 0. The first kappa shape index (κ1) is 14.0. The molecule has 0 unspecified atom stereocenters. The first-order valence-electron chi connectivity index (χ1n) is 5.52. The smallest absolute Gasteiger partial charge is 0.239 e. The van der Waals surface area contributed by atoms with Gasteiger partial charge < -0.3 is 21.1 Å². The van der Waals surface area contributed by atoms with Gasteiger partial charge in [0.05, 0.1) is 20.2 Å². The minimum absolute atomic E-state index is 0.0694. The molecule has 0 radical (unpaired) electrons. The molecule has 18 heavy (non-hydrogen) atoms. The predicted molar refractivity (Wildman–Crippen MR) is 66.9 cm³/mol. The van der Waals surface area contributed by atoms with E-state index in [4.69, 9.17) is 10.5 Å². The molecule has 6 nitrogen and oxygen atoms in total. The van der Waals surface area contributed by atoms with E-state index in [1.807, 2.05) is 24.3 Å². The normalized spacial score (nSPS) is 9.67. The summed E-state index contributed by atoms with van der Waals surface area (Å²) < 4.78 is 5.07. The molecule has 0 saturated heterocycles. The van der Waals surface area contributed by atoms with Gasteiger partial charge in [0.1, 0.15) is 5.75 Å². The average Bonchev–Trinajstić information content (AvgIpc) is 2.42. The minimum Gasteiger partial charge on any atom is -0.497 e. The molecule has 98 valence electrons. The third-order valence-electron chi connectivity index (χ3n) is 2.26. The molecule has 0 fully saturated rings. The fraction of sp³-hybridized carbons (Fsp3) is 0.333. The van der Waals surface area contributed by atoms with E-state index in [9.17, 15) is 9.59 Å². The molecular formula is C12H17N3O3. The van der Waals surface area contributed by atoms with E-state index in [0.29, 0.717) is 6.54 Å². The third-order valence-corrected chi connectivity index (χ3v) is 2.26. The van der Waals surface area contributed by atoms with E-state index in [1.54, 1.807) is 7.11 Å². The monoisotopic (exact) mass is 251 g/mol. The molecule has 1 rings (SSSR count). The first-order chi connectivity index (χ1) is 8.65. The number of carbonyl (C=O) groups excluding carboxylic acids is 2. The predicted octanol–water partition coefficient (Wildman–Crippen LogP) is -0.614. The lowest BCUT2D eigenvalue weighted by Gasteiger charge is -2.07. The van der Waals surface area contributed by atoms with Crippen LogP contribution in [0.15, 0.2) is 24.3 Å². The van der Waals surface area contributed by atoms with Crippen LogP contribution >= 0.6 is 0 Å². The lowest BCUT2D eigenvalue weighted by atomic mass is 10.2. The number of benzene rings is 1. The number of hydrogen-bond donors (Lipinski definition) is 3. The fourth-order valence-corrected chi connectivity index (χ4v) is 1.30. The quantitative estimate of drug-likeness (QED) is 0.628. The molecule has 0 aliphatic rings. The number of rotatable bonds is 6. The molecule has 6 heteroatoms. The van der Waals surface area contributed by atoms with Crippen LogP contribution in [0.2, 0.25) is 0 Å². The fourth-order valence-electron chi connectivity index (χ4n) is 1.30. The molecule has 0 heterocycles. The van der Waals surface area contributed by atoms with Gasteiger partial charge in [0, 0.05) is 6.54 Å². The second-order valence-corrected chi connectivity index (χ2v) is 3.61. The number of nitrogens with two attached hydrogens (primary N) is 1. The zero-order valence-corrected chi connectivity index (χ0v) is 10.2. The van der Waals surface area contributed by atoms with Crippen molar-refractivity contribution in [3.8, 4) is 5.75 Å². The highest BCUT2D eigenvalue weighted by molar-refractivity contribution is 5.85. The van der Waals surface area contributed by atoms with Crippen LogP contribution in [-0.2, 0) is 16.1 Å². The average molecular weight is 251 g/mol. The molecule has 4 N–H and O–H groups in total. The standard InChI is InChI=1S/C12H17N3O3/c1-18-10-4-2-3-9(5-10)7-14-12(17)8-15-11(16)6-13/h2-5H,6-8,13H2,1H3,(H,14,17)(H,15,16).